The Bertz CT molecular complexity index is 32.2. The van der Waals surface area contributed by atoms with Crippen LogP contribution in [0.15, 0.2) is 0 Å². The Hall–Kier alpha value is 0.960. The summed E-state index contributed by atoms with van der Waals surface area (Å²) in [6, 6.07) is 0. The van der Waals surface area contributed by atoms with Crippen LogP contribution in [0.1, 0.15) is 34.0 Å². The van der Waals surface area contributed by atoms with Crippen molar-refractivity contribution in [2.45, 2.75) is 32.6 Å². The third kappa shape index (κ3) is 10.0. The van der Waals surface area contributed by atoms with Gasteiger partial charge in [-0.15, -0.1) is 0 Å². The molecule has 1 nitrogen and oxygen atoms in total. The summed E-state index contributed by atoms with van der Waals surface area (Å²) in [5.74, 6) is 0. The van der Waals surface area contributed by atoms with Crippen LogP contribution in [0.2, 0.25) is 0 Å². The molecule has 0 heterocycles. The van der Waals surface area contributed by atoms with Crippen molar-refractivity contribution in [2.75, 3.05) is 6.54 Å². The first kappa shape index (κ1) is 11.7. The van der Waals surface area contributed by atoms with E-state index in [1.54, 1.807) is 0 Å². The molecule has 0 aromatic heterocycles. The van der Waals surface area contributed by atoms with Crippen molar-refractivity contribution in [1.29, 1.82) is 0 Å². The molecular weight excluding hydrogens is 109 g/mol. The Kier molecular flexibility index (Phi) is 15.9. The van der Waals surface area contributed by atoms with Crippen molar-refractivity contribution in [1.82, 2.24) is 0 Å². The molecule has 0 aliphatic heterocycles. The molecule has 0 aromatic carbocycles. The van der Waals surface area contributed by atoms with Gasteiger partial charge < -0.3 is 7.16 Å². The van der Waals surface area contributed by atoms with Gasteiger partial charge in [0.2, 0.25) is 0 Å². The van der Waals surface area contributed by atoms with Crippen LogP contribution < -0.4 is 35.3 Å². The van der Waals surface area contributed by atoms with Crippen molar-refractivity contribution in [3.05, 3.63) is 0 Å². The molecule has 0 fully saturated rings. The van der Waals surface area contributed by atoms with Gasteiger partial charge in [-0.1, -0.05) is 26.2 Å². The average Bonchev–Trinajstić information content (AvgIpc) is 1.69. The van der Waals surface area contributed by atoms with Gasteiger partial charge in [-0.3, -0.25) is 0 Å². The van der Waals surface area contributed by atoms with Crippen molar-refractivity contribution in [3.63, 3.8) is 0 Å². The molecule has 8 heavy (non-hydrogen) atoms. The van der Waals surface area contributed by atoms with Crippen LogP contribution in [0.4, 0.5) is 0 Å². The Morgan fingerprint density at radius 3 is 2.25 bits per heavy atom. The minimum Gasteiger partial charge on any atom is -1.00 e. The topological polar surface area (TPSA) is 26.0 Å². The van der Waals surface area contributed by atoms with E-state index >= 15 is 0 Å². The molecular formula is C6H16NNa. The first-order valence-electron chi connectivity index (χ1n) is 3.12. The fourth-order valence-corrected chi connectivity index (χ4v) is 0.571. The van der Waals surface area contributed by atoms with Gasteiger partial charge in [-0.05, 0) is 13.0 Å². The molecule has 0 saturated carbocycles. The molecule has 0 radical (unpaired) electrons. The molecule has 0 amide bonds. The van der Waals surface area contributed by atoms with Crippen molar-refractivity contribution < 1.29 is 31.0 Å². The molecule has 0 saturated heterocycles. The molecule has 0 rings (SSSR count). The predicted octanol–water partition coefficient (Wildman–Crippen LogP) is -1.36. The smallest absolute Gasteiger partial charge is 1.00 e. The molecule has 2 heteroatoms. The summed E-state index contributed by atoms with van der Waals surface area (Å²) in [6.45, 7) is 3.07. The minimum atomic E-state index is 0. The average molecular weight is 125 g/mol. The standard InChI is InChI=1S/C6H15N.Na.H/c1-2-3-4-5-6-7;;/h2-7H2,1H3;;/q;+1;-1. The van der Waals surface area contributed by atoms with E-state index in [1.165, 1.54) is 25.7 Å². The van der Waals surface area contributed by atoms with Crippen LogP contribution in [-0.2, 0) is 0 Å². The molecule has 46 valence electrons. The zero-order chi connectivity index (χ0) is 5.54. The molecule has 0 spiro atoms. The van der Waals surface area contributed by atoms with Gasteiger partial charge in [0, 0.05) is 0 Å². The predicted molar refractivity (Wildman–Crippen MR) is 34.3 cm³/mol. The van der Waals surface area contributed by atoms with Gasteiger partial charge in [0.15, 0.2) is 0 Å². The molecule has 0 aliphatic carbocycles. The first-order chi connectivity index (χ1) is 3.41. The quantitative estimate of drug-likeness (QED) is 0.364. The molecule has 0 unspecified atom stereocenters. The van der Waals surface area contributed by atoms with Gasteiger partial charge in [0.05, 0.1) is 0 Å². The summed E-state index contributed by atoms with van der Waals surface area (Å²) in [7, 11) is 0. The monoisotopic (exact) mass is 125 g/mol. The maximum absolute atomic E-state index is 5.27. The summed E-state index contributed by atoms with van der Waals surface area (Å²) >= 11 is 0. The van der Waals surface area contributed by atoms with E-state index < -0.39 is 0 Å². The van der Waals surface area contributed by atoms with Crippen LogP contribution in [-0.4, -0.2) is 6.54 Å². The number of hydrogen-bond acceptors (Lipinski definition) is 1. The molecule has 0 bridgehead atoms. The second-order valence-corrected chi connectivity index (χ2v) is 1.85. The Morgan fingerprint density at radius 1 is 1.25 bits per heavy atom. The molecule has 0 aliphatic rings. The first-order valence-corrected chi connectivity index (χ1v) is 3.12. The SMILES string of the molecule is CCCCCCN.[H-].[Na+]. The zero-order valence-corrected chi connectivity index (χ0v) is 8.11. The van der Waals surface area contributed by atoms with Crippen molar-refractivity contribution >= 4 is 0 Å². The third-order valence-electron chi connectivity index (χ3n) is 1.06. The van der Waals surface area contributed by atoms with Crippen molar-refractivity contribution in [2.24, 2.45) is 5.73 Å². The van der Waals surface area contributed by atoms with Crippen LogP contribution in [0.3, 0.4) is 0 Å². The summed E-state index contributed by atoms with van der Waals surface area (Å²) in [6.07, 6.45) is 5.16. The zero-order valence-electron chi connectivity index (χ0n) is 7.11. The maximum Gasteiger partial charge on any atom is 1.00 e. The number of hydrogen-bond donors (Lipinski definition) is 1. The Labute approximate surface area is 75.8 Å². The Morgan fingerprint density at radius 2 is 1.88 bits per heavy atom. The molecule has 0 aromatic rings. The Balaban J connectivity index is -0.000000180. The summed E-state index contributed by atoms with van der Waals surface area (Å²) in [4.78, 5) is 0. The van der Waals surface area contributed by atoms with E-state index in [0.717, 1.165) is 6.54 Å². The van der Waals surface area contributed by atoms with Gasteiger partial charge in [0.1, 0.15) is 0 Å². The van der Waals surface area contributed by atoms with E-state index in [-0.39, 0.29) is 31.0 Å². The second kappa shape index (κ2) is 10.9. The molecule has 0 atom stereocenters. The minimum absolute atomic E-state index is 0. The van der Waals surface area contributed by atoms with E-state index in [4.69, 9.17) is 5.73 Å². The van der Waals surface area contributed by atoms with Gasteiger partial charge in [0.25, 0.3) is 0 Å². The van der Waals surface area contributed by atoms with Gasteiger partial charge in [-0.2, -0.15) is 0 Å². The fourth-order valence-electron chi connectivity index (χ4n) is 0.571. The van der Waals surface area contributed by atoms with Gasteiger partial charge in [-0.25, -0.2) is 0 Å². The number of unbranched alkanes of at least 4 members (excludes halogenated alkanes) is 3. The number of nitrogens with two attached hydrogens (primary N) is 1. The van der Waals surface area contributed by atoms with Crippen LogP contribution in [0.5, 0.6) is 0 Å². The summed E-state index contributed by atoms with van der Waals surface area (Å²) in [5.41, 5.74) is 5.27. The van der Waals surface area contributed by atoms with Crippen LogP contribution in [0, 0.1) is 0 Å². The van der Waals surface area contributed by atoms with Crippen molar-refractivity contribution in [3.8, 4) is 0 Å². The van der Waals surface area contributed by atoms with Gasteiger partial charge >= 0.3 is 29.6 Å². The van der Waals surface area contributed by atoms with E-state index in [0.29, 0.717) is 0 Å². The summed E-state index contributed by atoms with van der Waals surface area (Å²) < 4.78 is 0. The van der Waals surface area contributed by atoms with E-state index in [1.807, 2.05) is 0 Å². The van der Waals surface area contributed by atoms with Crippen LogP contribution >= 0.6 is 0 Å². The largest absolute Gasteiger partial charge is 1.00 e. The van der Waals surface area contributed by atoms with E-state index in [2.05, 4.69) is 6.92 Å². The maximum atomic E-state index is 5.27. The summed E-state index contributed by atoms with van der Waals surface area (Å²) in [5, 5.41) is 0. The van der Waals surface area contributed by atoms with E-state index in [9.17, 15) is 0 Å². The van der Waals surface area contributed by atoms with Crippen LogP contribution in [0.25, 0.3) is 0 Å². The fraction of sp³-hybridized carbons (Fsp3) is 1.00. The third-order valence-corrected chi connectivity index (χ3v) is 1.06. The second-order valence-electron chi connectivity index (χ2n) is 1.85. The molecule has 2 N–H and O–H groups in total. The normalized spacial score (nSPS) is 8.25. The number of rotatable bonds is 4.